The van der Waals surface area contributed by atoms with Crippen molar-refractivity contribution in [1.29, 1.82) is 5.41 Å². The summed E-state index contributed by atoms with van der Waals surface area (Å²) in [6, 6.07) is 2.55. The van der Waals surface area contributed by atoms with Crippen LogP contribution in [0.3, 0.4) is 0 Å². The van der Waals surface area contributed by atoms with Crippen LogP contribution in [0.1, 0.15) is 38.3 Å². The van der Waals surface area contributed by atoms with Crippen LogP contribution in [0.15, 0.2) is 12.1 Å². The summed E-state index contributed by atoms with van der Waals surface area (Å²) in [5.74, 6) is -0.500. The first-order valence-electron chi connectivity index (χ1n) is 6.98. The SMILES string of the molecule is CC(C)(C)Nc1ccc(C(=N)Cl)c(OCCCO)c1C(F)(F)F.Cl. The van der Waals surface area contributed by atoms with Crippen molar-refractivity contribution in [3.63, 3.8) is 0 Å². The molecule has 0 aliphatic rings. The standard InChI is InChI=1S/C15H20ClF3N2O2.ClH/c1-14(2,3)21-10-6-5-9(13(16)20)12(23-8-4-7-22)11(10)15(17,18)19;/h5-6,20-22H,4,7-8H2,1-3H3;1H. The van der Waals surface area contributed by atoms with Crippen molar-refractivity contribution in [3.8, 4) is 5.75 Å². The highest BCUT2D eigenvalue weighted by Crippen LogP contribution is 2.44. The third-order valence-electron chi connectivity index (χ3n) is 2.74. The maximum atomic E-state index is 13.6. The van der Waals surface area contributed by atoms with Crippen molar-refractivity contribution in [3.05, 3.63) is 23.3 Å². The summed E-state index contributed by atoms with van der Waals surface area (Å²) in [5, 5.41) is 18.5. The average Bonchev–Trinajstić information content (AvgIpc) is 2.35. The molecular formula is C15H21Cl2F3N2O2. The molecule has 1 aromatic rings. The lowest BCUT2D eigenvalue weighted by Gasteiger charge is -2.27. The van der Waals surface area contributed by atoms with Crippen LogP contribution in [0.25, 0.3) is 0 Å². The van der Waals surface area contributed by atoms with Gasteiger partial charge in [0.05, 0.1) is 17.9 Å². The van der Waals surface area contributed by atoms with Gasteiger partial charge in [-0.1, -0.05) is 11.6 Å². The second-order valence-electron chi connectivity index (χ2n) is 5.98. The van der Waals surface area contributed by atoms with Crippen molar-refractivity contribution >= 4 is 34.9 Å². The van der Waals surface area contributed by atoms with E-state index in [1.54, 1.807) is 20.8 Å². The number of hydrogen-bond acceptors (Lipinski definition) is 4. The Balaban J connectivity index is 0.00000529. The average molecular weight is 389 g/mol. The van der Waals surface area contributed by atoms with Gasteiger partial charge in [0.25, 0.3) is 0 Å². The lowest BCUT2D eigenvalue weighted by atomic mass is 10.0. The largest absolute Gasteiger partial charge is 0.492 e. The molecule has 1 rings (SSSR count). The van der Waals surface area contributed by atoms with Crippen molar-refractivity contribution in [2.24, 2.45) is 0 Å². The molecule has 0 saturated carbocycles. The summed E-state index contributed by atoms with van der Waals surface area (Å²) in [6.07, 6.45) is -4.52. The molecule has 0 aliphatic carbocycles. The van der Waals surface area contributed by atoms with E-state index in [0.717, 1.165) is 0 Å². The van der Waals surface area contributed by atoms with Crippen LogP contribution in [-0.2, 0) is 6.18 Å². The Bertz CT molecular complexity index is 573. The van der Waals surface area contributed by atoms with Gasteiger partial charge >= 0.3 is 6.18 Å². The van der Waals surface area contributed by atoms with Gasteiger partial charge in [0.2, 0.25) is 0 Å². The molecule has 0 radical (unpaired) electrons. The topological polar surface area (TPSA) is 65.3 Å². The maximum Gasteiger partial charge on any atom is 0.421 e. The van der Waals surface area contributed by atoms with E-state index in [-0.39, 0.29) is 43.3 Å². The first kappa shape index (κ1) is 22.8. The zero-order chi connectivity index (χ0) is 17.8. The molecule has 0 amide bonds. The van der Waals surface area contributed by atoms with E-state index in [1.807, 2.05) is 0 Å². The first-order chi connectivity index (χ1) is 10.5. The molecule has 3 N–H and O–H groups in total. The Morgan fingerprint density at radius 3 is 2.29 bits per heavy atom. The molecule has 0 fully saturated rings. The minimum Gasteiger partial charge on any atom is -0.492 e. The molecule has 0 saturated heterocycles. The second kappa shape index (κ2) is 8.78. The Kier molecular flexibility index (Phi) is 8.35. The Morgan fingerprint density at radius 2 is 1.88 bits per heavy atom. The van der Waals surface area contributed by atoms with Crippen LogP contribution < -0.4 is 10.1 Å². The van der Waals surface area contributed by atoms with Gasteiger partial charge in [-0.25, -0.2) is 0 Å². The molecule has 0 aromatic heterocycles. The van der Waals surface area contributed by atoms with Crippen LogP contribution >= 0.6 is 24.0 Å². The van der Waals surface area contributed by atoms with Crippen molar-refractivity contribution < 1.29 is 23.0 Å². The highest BCUT2D eigenvalue weighted by Gasteiger charge is 2.39. The zero-order valence-electron chi connectivity index (χ0n) is 13.6. The predicted octanol–water partition coefficient (Wildman–Crippen LogP) is 4.66. The lowest BCUT2D eigenvalue weighted by Crippen LogP contribution is -2.28. The fourth-order valence-corrected chi connectivity index (χ4v) is 2.08. The Morgan fingerprint density at radius 1 is 1.29 bits per heavy atom. The molecule has 0 heterocycles. The summed E-state index contributed by atoms with van der Waals surface area (Å²) in [7, 11) is 0. The highest BCUT2D eigenvalue weighted by molar-refractivity contribution is 6.69. The predicted molar refractivity (Wildman–Crippen MR) is 91.9 cm³/mol. The molecular weight excluding hydrogens is 368 g/mol. The molecule has 1 aromatic carbocycles. The van der Waals surface area contributed by atoms with Gasteiger partial charge in [-0.05, 0) is 32.9 Å². The minimum atomic E-state index is -4.69. The number of benzene rings is 1. The second-order valence-corrected chi connectivity index (χ2v) is 6.36. The number of rotatable bonds is 6. The van der Waals surface area contributed by atoms with Gasteiger partial charge in [0.15, 0.2) is 0 Å². The van der Waals surface area contributed by atoms with Gasteiger partial charge in [-0.15, -0.1) is 12.4 Å². The van der Waals surface area contributed by atoms with Crippen LogP contribution in [0.5, 0.6) is 5.75 Å². The zero-order valence-corrected chi connectivity index (χ0v) is 15.1. The quantitative estimate of drug-likeness (QED) is 0.490. The number of ether oxygens (including phenoxy) is 1. The van der Waals surface area contributed by atoms with Gasteiger partial charge in [-0.3, -0.25) is 5.41 Å². The van der Waals surface area contributed by atoms with Gasteiger partial charge in [0, 0.05) is 18.6 Å². The summed E-state index contributed by atoms with van der Waals surface area (Å²) >= 11 is 5.59. The molecule has 0 unspecified atom stereocenters. The van der Waals surface area contributed by atoms with Gasteiger partial charge in [-0.2, -0.15) is 13.2 Å². The highest BCUT2D eigenvalue weighted by atomic mass is 35.5. The number of aliphatic hydroxyl groups excluding tert-OH is 1. The number of anilines is 1. The van der Waals surface area contributed by atoms with E-state index < -0.39 is 28.2 Å². The number of alkyl halides is 3. The van der Waals surface area contributed by atoms with Crippen molar-refractivity contribution in [1.82, 2.24) is 0 Å². The summed E-state index contributed by atoms with van der Waals surface area (Å²) in [4.78, 5) is 0. The third kappa shape index (κ3) is 6.37. The molecule has 0 spiro atoms. The number of halogens is 5. The molecule has 9 heteroatoms. The molecule has 0 bridgehead atoms. The number of aliphatic hydroxyl groups is 1. The smallest absolute Gasteiger partial charge is 0.421 e. The minimum absolute atomic E-state index is 0. The van der Waals surface area contributed by atoms with Crippen molar-refractivity contribution in [2.45, 2.75) is 38.9 Å². The van der Waals surface area contributed by atoms with Crippen LogP contribution in [0, 0.1) is 5.41 Å². The van der Waals surface area contributed by atoms with E-state index in [1.165, 1.54) is 12.1 Å². The van der Waals surface area contributed by atoms with Crippen LogP contribution in [0.4, 0.5) is 18.9 Å². The molecule has 24 heavy (non-hydrogen) atoms. The summed E-state index contributed by atoms with van der Waals surface area (Å²) in [6.45, 7) is 4.87. The van der Waals surface area contributed by atoms with Gasteiger partial charge in [0.1, 0.15) is 16.5 Å². The third-order valence-corrected chi connectivity index (χ3v) is 2.94. The maximum absolute atomic E-state index is 13.6. The van der Waals surface area contributed by atoms with Crippen LogP contribution in [-0.4, -0.2) is 29.0 Å². The number of nitrogens with one attached hydrogen (secondary N) is 2. The molecule has 0 aliphatic heterocycles. The van der Waals surface area contributed by atoms with E-state index in [0.29, 0.717) is 0 Å². The normalized spacial score (nSPS) is 11.7. The lowest BCUT2D eigenvalue weighted by molar-refractivity contribution is -0.138. The number of hydrogen-bond donors (Lipinski definition) is 3. The van der Waals surface area contributed by atoms with E-state index >= 15 is 0 Å². The monoisotopic (exact) mass is 388 g/mol. The molecule has 0 atom stereocenters. The summed E-state index contributed by atoms with van der Waals surface area (Å²) in [5.41, 5.74) is -1.89. The molecule has 138 valence electrons. The molecule has 4 nitrogen and oxygen atoms in total. The van der Waals surface area contributed by atoms with E-state index in [2.05, 4.69) is 5.32 Å². The van der Waals surface area contributed by atoms with Crippen LogP contribution in [0.2, 0.25) is 0 Å². The van der Waals surface area contributed by atoms with E-state index in [9.17, 15) is 13.2 Å². The fourth-order valence-electron chi connectivity index (χ4n) is 1.93. The Labute approximate surface area is 150 Å². The van der Waals surface area contributed by atoms with Crippen molar-refractivity contribution in [2.75, 3.05) is 18.5 Å². The Hall–Kier alpha value is -1.18. The fraction of sp³-hybridized carbons (Fsp3) is 0.533. The van der Waals surface area contributed by atoms with E-state index in [4.69, 9.17) is 26.9 Å². The summed E-state index contributed by atoms with van der Waals surface area (Å²) < 4.78 is 45.9. The van der Waals surface area contributed by atoms with Gasteiger partial charge < -0.3 is 15.2 Å². The first-order valence-corrected chi connectivity index (χ1v) is 7.35.